The number of nitrogens with zero attached hydrogens (tertiary/aromatic N) is 2. The molecule has 1 aromatic heterocycles. The lowest BCUT2D eigenvalue weighted by molar-refractivity contribution is 0.170. The average Bonchev–Trinajstić information content (AvgIpc) is 2.65. The molecule has 1 atom stereocenters. The number of halogens is 2. The molecule has 0 saturated heterocycles. The Balaban J connectivity index is 2.26. The lowest BCUT2D eigenvalue weighted by Gasteiger charge is -2.13. The van der Waals surface area contributed by atoms with Crippen molar-refractivity contribution in [3.05, 3.63) is 45.4 Å². The van der Waals surface area contributed by atoms with E-state index in [1.165, 1.54) is 19.2 Å². The highest BCUT2D eigenvalue weighted by molar-refractivity contribution is 9.10. The SMILES string of the molecule is COc1ccc(C(O)Cc2c(Br)c(C)nn2C)c(F)c1. The number of methoxy groups -OCH3 is 1. The molecular weight excluding hydrogens is 327 g/mol. The monoisotopic (exact) mass is 342 g/mol. The smallest absolute Gasteiger partial charge is 0.132 e. The van der Waals surface area contributed by atoms with Gasteiger partial charge < -0.3 is 9.84 Å². The molecule has 4 nitrogen and oxygen atoms in total. The fraction of sp³-hybridized carbons (Fsp3) is 0.357. The minimum atomic E-state index is -0.938. The number of aliphatic hydroxyl groups excluding tert-OH is 1. The highest BCUT2D eigenvalue weighted by Crippen LogP contribution is 2.28. The van der Waals surface area contributed by atoms with Crippen LogP contribution in [0.2, 0.25) is 0 Å². The number of ether oxygens (including phenoxy) is 1. The van der Waals surface area contributed by atoms with Crippen LogP contribution in [0.5, 0.6) is 5.75 Å². The fourth-order valence-electron chi connectivity index (χ4n) is 2.10. The van der Waals surface area contributed by atoms with Crippen LogP contribution >= 0.6 is 15.9 Å². The van der Waals surface area contributed by atoms with Gasteiger partial charge in [0, 0.05) is 25.1 Å². The van der Waals surface area contributed by atoms with Crippen molar-refractivity contribution in [1.82, 2.24) is 9.78 Å². The molecule has 0 aliphatic heterocycles. The van der Waals surface area contributed by atoms with Gasteiger partial charge in [-0.3, -0.25) is 4.68 Å². The first kappa shape index (κ1) is 15.0. The quantitative estimate of drug-likeness (QED) is 0.929. The molecule has 0 amide bonds. The first-order valence-electron chi connectivity index (χ1n) is 6.13. The van der Waals surface area contributed by atoms with E-state index >= 15 is 0 Å². The second-order valence-electron chi connectivity index (χ2n) is 4.58. The van der Waals surface area contributed by atoms with Gasteiger partial charge in [-0.15, -0.1) is 0 Å². The molecule has 0 spiro atoms. The second kappa shape index (κ2) is 5.93. The first-order chi connectivity index (χ1) is 9.43. The van der Waals surface area contributed by atoms with Gasteiger partial charge >= 0.3 is 0 Å². The van der Waals surface area contributed by atoms with Crippen molar-refractivity contribution in [2.24, 2.45) is 7.05 Å². The summed E-state index contributed by atoms with van der Waals surface area (Å²) in [4.78, 5) is 0. The minimum Gasteiger partial charge on any atom is -0.497 e. The van der Waals surface area contributed by atoms with Crippen LogP contribution in [0.1, 0.15) is 23.1 Å². The van der Waals surface area contributed by atoms with E-state index in [1.807, 2.05) is 6.92 Å². The molecule has 108 valence electrons. The van der Waals surface area contributed by atoms with Gasteiger partial charge in [0.2, 0.25) is 0 Å². The molecule has 1 unspecified atom stereocenters. The van der Waals surface area contributed by atoms with Gasteiger partial charge in [-0.25, -0.2) is 4.39 Å². The van der Waals surface area contributed by atoms with Crippen LogP contribution in [0.25, 0.3) is 0 Å². The highest BCUT2D eigenvalue weighted by Gasteiger charge is 2.19. The van der Waals surface area contributed by atoms with E-state index in [9.17, 15) is 9.50 Å². The van der Waals surface area contributed by atoms with Crippen LogP contribution in [0.4, 0.5) is 4.39 Å². The average molecular weight is 343 g/mol. The Labute approximate surface area is 125 Å². The summed E-state index contributed by atoms with van der Waals surface area (Å²) in [5.41, 5.74) is 1.91. The number of benzene rings is 1. The van der Waals surface area contributed by atoms with Crippen LogP contribution in [0.3, 0.4) is 0 Å². The van der Waals surface area contributed by atoms with E-state index < -0.39 is 11.9 Å². The van der Waals surface area contributed by atoms with Gasteiger partial charge in [0.1, 0.15) is 11.6 Å². The molecule has 2 rings (SSSR count). The topological polar surface area (TPSA) is 47.3 Å². The van der Waals surface area contributed by atoms with Gasteiger partial charge in [-0.2, -0.15) is 5.10 Å². The van der Waals surface area contributed by atoms with Crippen molar-refractivity contribution in [2.45, 2.75) is 19.4 Å². The minimum absolute atomic E-state index is 0.247. The van der Waals surface area contributed by atoms with Crippen molar-refractivity contribution < 1.29 is 14.2 Å². The lowest BCUT2D eigenvalue weighted by atomic mass is 10.0. The fourth-order valence-corrected chi connectivity index (χ4v) is 2.60. The zero-order valence-corrected chi connectivity index (χ0v) is 13.1. The Hall–Kier alpha value is -1.40. The summed E-state index contributed by atoms with van der Waals surface area (Å²) < 4.78 is 21.4. The molecular formula is C14H16BrFN2O2. The Bertz CT molecular complexity index is 628. The summed E-state index contributed by atoms with van der Waals surface area (Å²) in [5, 5.41) is 14.5. The predicted octanol–water partition coefficient (Wildman–Crippen LogP) is 2.91. The number of aromatic nitrogens is 2. The third-order valence-corrected chi connectivity index (χ3v) is 4.25. The second-order valence-corrected chi connectivity index (χ2v) is 5.37. The van der Waals surface area contributed by atoms with E-state index in [-0.39, 0.29) is 12.0 Å². The molecule has 0 aliphatic rings. The standard InChI is InChI=1S/C14H16BrFN2O2/c1-8-14(15)12(18(2)17-8)7-13(19)10-5-4-9(20-3)6-11(10)16/h4-6,13,19H,7H2,1-3H3. The maximum Gasteiger partial charge on any atom is 0.132 e. The number of aliphatic hydroxyl groups is 1. The van der Waals surface area contributed by atoms with Crippen molar-refractivity contribution in [3.8, 4) is 5.75 Å². The molecule has 1 N–H and O–H groups in total. The lowest BCUT2D eigenvalue weighted by Crippen LogP contribution is -2.08. The number of aryl methyl sites for hydroxylation is 2. The molecule has 1 aromatic carbocycles. The van der Waals surface area contributed by atoms with Gasteiger partial charge in [-0.05, 0) is 35.0 Å². The van der Waals surface area contributed by atoms with Gasteiger partial charge in [0.15, 0.2) is 0 Å². The molecule has 2 aromatic rings. The summed E-state index contributed by atoms with van der Waals surface area (Å²) in [6.07, 6.45) is -0.659. The zero-order chi connectivity index (χ0) is 14.9. The van der Waals surface area contributed by atoms with Crippen LogP contribution < -0.4 is 4.74 Å². The van der Waals surface area contributed by atoms with Crippen LogP contribution in [0.15, 0.2) is 22.7 Å². The molecule has 20 heavy (non-hydrogen) atoms. The van der Waals surface area contributed by atoms with Crippen LogP contribution in [-0.2, 0) is 13.5 Å². The van der Waals surface area contributed by atoms with Gasteiger partial charge in [0.25, 0.3) is 0 Å². The maximum absolute atomic E-state index is 13.9. The molecule has 1 heterocycles. The van der Waals surface area contributed by atoms with Crippen LogP contribution in [0, 0.1) is 12.7 Å². The Morgan fingerprint density at radius 2 is 2.20 bits per heavy atom. The molecule has 0 radical (unpaired) electrons. The number of hydrogen-bond acceptors (Lipinski definition) is 3. The summed E-state index contributed by atoms with van der Waals surface area (Å²) in [5.74, 6) is -0.0529. The molecule has 0 bridgehead atoms. The predicted molar refractivity (Wildman–Crippen MR) is 77.3 cm³/mol. The molecule has 0 fully saturated rings. The van der Waals surface area contributed by atoms with Gasteiger partial charge in [0.05, 0.1) is 29.1 Å². The summed E-state index contributed by atoms with van der Waals surface area (Å²) in [6.45, 7) is 1.87. The van der Waals surface area contributed by atoms with E-state index in [1.54, 1.807) is 17.8 Å². The number of hydrogen-bond donors (Lipinski definition) is 1. The Morgan fingerprint density at radius 3 is 2.70 bits per heavy atom. The van der Waals surface area contributed by atoms with E-state index in [4.69, 9.17) is 4.74 Å². The van der Waals surface area contributed by atoms with E-state index in [0.29, 0.717) is 5.75 Å². The van der Waals surface area contributed by atoms with Crippen molar-refractivity contribution >= 4 is 15.9 Å². The first-order valence-corrected chi connectivity index (χ1v) is 6.92. The van der Waals surface area contributed by atoms with Gasteiger partial charge in [-0.1, -0.05) is 0 Å². The largest absolute Gasteiger partial charge is 0.497 e. The summed E-state index contributed by atoms with van der Waals surface area (Å²) in [7, 11) is 3.27. The van der Waals surface area contributed by atoms with Crippen molar-refractivity contribution in [1.29, 1.82) is 0 Å². The Kier molecular flexibility index (Phi) is 4.45. The van der Waals surface area contributed by atoms with E-state index in [0.717, 1.165) is 15.9 Å². The van der Waals surface area contributed by atoms with Crippen molar-refractivity contribution in [2.75, 3.05) is 7.11 Å². The van der Waals surface area contributed by atoms with E-state index in [2.05, 4.69) is 21.0 Å². The molecule has 6 heteroatoms. The normalized spacial score (nSPS) is 12.5. The highest BCUT2D eigenvalue weighted by atomic mass is 79.9. The Morgan fingerprint density at radius 1 is 1.50 bits per heavy atom. The van der Waals surface area contributed by atoms with Crippen LogP contribution in [-0.4, -0.2) is 22.0 Å². The maximum atomic E-state index is 13.9. The molecule has 0 aliphatic carbocycles. The number of rotatable bonds is 4. The summed E-state index contributed by atoms with van der Waals surface area (Å²) >= 11 is 3.44. The van der Waals surface area contributed by atoms with Crippen molar-refractivity contribution in [3.63, 3.8) is 0 Å². The zero-order valence-electron chi connectivity index (χ0n) is 11.5. The third-order valence-electron chi connectivity index (χ3n) is 3.21. The molecule has 0 saturated carbocycles. The third kappa shape index (κ3) is 2.86. The summed E-state index contributed by atoms with van der Waals surface area (Å²) in [6, 6.07) is 4.43.